The zero-order chi connectivity index (χ0) is 10.6. The Kier molecular flexibility index (Phi) is 3.68. The third-order valence-electron chi connectivity index (χ3n) is 2.43. The third-order valence-corrected chi connectivity index (χ3v) is 2.43. The highest BCUT2D eigenvalue weighted by Gasteiger charge is 2.26. The molecule has 1 aliphatic heterocycles. The molecule has 0 saturated carbocycles. The lowest BCUT2D eigenvalue weighted by Crippen LogP contribution is -2.27. The maximum Gasteiger partial charge on any atom is 0.223 e. The first-order chi connectivity index (χ1) is 6.63. The van der Waals surface area contributed by atoms with Crippen molar-refractivity contribution in [1.29, 1.82) is 0 Å². The maximum atomic E-state index is 11.4. The van der Waals surface area contributed by atoms with E-state index in [4.69, 9.17) is 5.73 Å². The van der Waals surface area contributed by atoms with E-state index >= 15 is 0 Å². The Bertz CT molecular complexity index is 251. The number of primary amides is 1. The topological polar surface area (TPSA) is 63.4 Å². The molecule has 1 heterocycles. The van der Waals surface area contributed by atoms with Crippen LogP contribution in [-0.4, -0.2) is 29.8 Å². The quantitative estimate of drug-likeness (QED) is 0.642. The number of hydrogen-bond donors (Lipinski definition) is 1. The number of nitrogens with zero attached hydrogens (tertiary/aromatic N) is 1. The second-order valence-corrected chi connectivity index (χ2v) is 3.61. The second-order valence-electron chi connectivity index (χ2n) is 3.61. The Morgan fingerprint density at radius 2 is 2.43 bits per heavy atom. The highest BCUT2D eigenvalue weighted by molar-refractivity contribution is 5.79. The largest absolute Gasteiger partial charge is 0.370 e. The Morgan fingerprint density at radius 1 is 1.71 bits per heavy atom. The summed E-state index contributed by atoms with van der Waals surface area (Å²) in [6.07, 6.45) is 3.37. The normalized spacial score (nSPS) is 21.3. The molecule has 0 aromatic heterocycles. The van der Waals surface area contributed by atoms with Crippen LogP contribution in [0.15, 0.2) is 12.7 Å². The summed E-state index contributed by atoms with van der Waals surface area (Å²) in [5.74, 6) is 0.118. The zero-order valence-corrected chi connectivity index (χ0v) is 8.24. The number of nitrogens with two attached hydrogens (primary N) is 1. The van der Waals surface area contributed by atoms with Gasteiger partial charge in [-0.3, -0.25) is 9.59 Å². The summed E-state index contributed by atoms with van der Waals surface area (Å²) in [5, 5.41) is 0. The van der Waals surface area contributed by atoms with Crippen molar-refractivity contribution in [1.82, 2.24) is 4.90 Å². The number of hydrogen-bond acceptors (Lipinski definition) is 2. The molecule has 0 aromatic rings. The van der Waals surface area contributed by atoms with Gasteiger partial charge in [-0.05, 0) is 6.42 Å². The molecular weight excluding hydrogens is 180 g/mol. The summed E-state index contributed by atoms with van der Waals surface area (Å²) >= 11 is 0. The fraction of sp³-hybridized carbons (Fsp3) is 0.600. The molecular formula is C10H16N2O2. The predicted molar refractivity (Wildman–Crippen MR) is 53.3 cm³/mol. The van der Waals surface area contributed by atoms with Crippen molar-refractivity contribution in [3.05, 3.63) is 12.7 Å². The lowest BCUT2D eigenvalue weighted by Gasteiger charge is -2.14. The van der Waals surface area contributed by atoms with E-state index in [2.05, 4.69) is 6.58 Å². The molecule has 78 valence electrons. The first-order valence-electron chi connectivity index (χ1n) is 4.82. The molecule has 0 spiro atoms. The molecule has 0 aromatic carbocycles. The Balaban J connectivity index is 2.28. The molecule has 2 amide bonds. The van der Waals surface area contributed by atoms with E-state index in [0.29, 0.717) is 25.8 Å². The summed E-state index contributed by atoms with van der Waals surface area (Å²) in [4.78, 5) is 23.6. The molecule has 0 radical (unpaired) electrons. The average molecular weight is 196 g/mol. The van der Waals surface area contributed by atoms with E-state index in [0.717, 1.165) is 6.54 Å². The van der Waals surface area contributed by atoms with E-state index in [-0.39, 0.29) is 17.7 Å². The third kappa shape index (κ3) is 2.87. The molecule has 0 aliphatic carbocycles. The van der Waals surface area contributed by atoms with Crippen molar-refractivity contribution in [3.8, 4) is 0 Å². The SMILES string of the molecule is C=CC1CC(=O)N(CCCC(N)=O)C1. The Labute approximate surface area is 83.8 Å². The van der Waals surface area contributed by atoms with Gasteiger partial charge in [-0.15, -0.1) is 6.58 Å². The summed E-state index contributed by atoms with van der Waals surface area (Å²) in [6, 6.07) is 0. The van der Waals surface area contributed by atoms with Gasteiger partial charge >= 0.3 is 0 Å². The van der Waals surface area contributed by atoms with Gasteiger partial charge in [-0.25, -0.2) is 0 Å². The van der Waals surface area contributed by atoms with Gasteiger partial charge in [-0.2, -0.15) is 0 Å². The maximum absolute atomic E-state index is 11.4. The van der Waals surface area contributed by atoms with Crippen LogP contribution in [0.2, 0.25) is 0 Å². The van der Waals surface area contributed by atoms with Crippen LogP contribution in [0.25, 0.3) is 0 Å². The van der Waals surface area contributed by atoms with Gasteiger partial charge in [-0.1, -0.05) is 6.08 Å². The van der Waals surface area contributed by atoms with Crippen LogP contribution in [0.5, 0.6) is 0 Å². The van der Waals surface area contributed by atoms with E-state index in [9.17, 15) is 9.59 Å². The highest BCUT2D eigenvalue weighted by atomic mass is 16.2. The van der Waals surface area contributed by atoms with Crippen molar-refractivity contribution in [3.63, 3.8) is 0 Å². The van der Waals surface area contributed by atoms with Crippen LogP contribution < -0.4 is 5.73 Å². The number of amides is 2. The number of likely N-dealkylation sites (tertiary alicyclic amines) is 1. The average Bonchev–Trinajstić information content (AvgIpc) is 2.47. The first kappa shape index (κ1) is 10.8. The van der Waals surface area contributed by atoms with Crippen LogP contribution in [-0.2, 0) is 9.59 Å². The van der Waals surface area contributed by atoms with E-state index < -0.39 is 0 Å². The molecule has 14 heavy (non-hydrogen) atoms. The van der Waals surface area contributed by atoms with Crippen molar-refractivity contribution in [2.75, 3.05) is 13.1 Å². The van der Waals surface area contributed by atoms with E-state index in [1.807, 2.05) is 6.08 Å². The fourth-order valence-corrected chi connectivity index (χ4v) is 1.62. The van der Waals surface area contributed by atoms with Crippen LogP contribution >= 0.6 is 0 Å². The van der Waals surface area contributed by atoms with Crippen LogP contribution in [0.1, 0.15) is 19.3 Å². The van der Waals surface area contributed by atoms with Gasteiger partial charge in [0, 0.05) is 31.8 Å². The second kappa shape index (κ2) is 4.79. The number of carbonyl (C=O) groups is 2. The van der Waals surface area contributed by atoms with Crippen LogP contribution in [0.3, 0.4) is 0 Å². The molecule has 1 rings (SSSR count). The minimum atomic E-state index is -0.308. The molecule has 1 fully saturated rings. The fourth-order valence-electron chi connectivity index (χ4n) is 1.62. The monoisotopic (exact) mass is 196 g/mol. The lowest BCUT2D eigenvalue weighted by atomic mass is 10.1. The van der Waals surface area contributed by atoms with Gasteiger partial charge in [0.25, 0.3) is 0 Å². The molecule has 1 atom stereocenters. The van der Waals surface area contributed by atoms with Crippen molar-refractivity contribution in [2.24, 2.45) is 11.7 Å². The molecule has 1 unspecified atom stereocenters. The van der Waals surface area contributed by atoms with E-state index in [1.54, 1.807) is 4.90 Å². The minimum absolute atomic E-state index is 0.152. The summed E-state index contributed by atoms with van der Waals surface area (Å²) < 4.78 is 0. The van der Waals surface area contributed by atoms with Crippen LogP contribution in [0.4, 0.5) is 0 Å². The summed E-state index contributed by atoms with van der Waals surface area (Å²) in [5.41, 5.74) is 5.01. The van der Waals surface area contributed by atoms with Crippen molar-refractivity contribution in [2.45, 2.75) is 19.3 Å². The van der Waals surface area contributed by atoms with Gasteiger partial charge in [0.15, 0.2) is 0 Å². The predicted octanol–water partition coefficient (Wildman–Crippen LogP) is 0.286. The number of carbonyl (C=O) groups excluding carboxylic acids is 2. The molecule has 2 N–H and O–H groups in total. The van der Waals surface area contributed by atoms with Gasteiger partial charge in [0.05, 0.1) is 0 Å². The minimum Gasteiger partial charge on any atom is -0.370 e. The lowest BCUT2D eigenvalue weighted by molar-refractivity contribution is -0.128. The van der Waals surface area contributed by atoms with Crippen LogP contribution in [0, 0.1) is 5.92 Å². The molecule has 4 heteroatoms. The Hall–Kier alpha value is -1.32. The van der Waals surface area contributed by atoms with Crippen molar-refractivity contribution >= 4 is 11.8 Å². The summed E-state index contributed by atoms with van der Waals surface area (Å²) in [6.45, 7) is 5.04. The summed E-state index contributed by atoms with van der Waals surface area (Å²) in [7, 11) is 0. The molecule has 1 saturated heterocycles. The van der Waals surface area contributed by atoms with Gasteiger partial charge in [0.2, 0.25) is 11.8 Å². The van der Waals surface area contributed by atoms with Crippen molar-refractivity contribution < 1.29 is 9.59 Å². The number of rotatable bonds is 5. The van der Waals surface area contributed by atoms with Gasteiger partial charge in [0.1, 0.15) is 0 Å². The zero-order valence-electron chi connectivity index (χ0n) is 8.24. The highest BCUT2D eigenvalue weighted by Crippen LogP contribution is 2.18. The Morgan fingerprint density at radius 3 is 2.93 bits per heavy atom. The molecule has 4 nitrogen and oxygen atoms in total. The smallest absolute Gasteiger partial charge is 0.223 e. The van der Waals surface area contributed by atoms with E-state index in [1.165, 1.54) is 0 Å². The molecule has 1 aliphatic rings. The molecule has 0 bridgehead atoms. The standard InChI is InChI=1S/C10H16N2O2/c1-2-8-6-10(14)12(7-8)5-3-4-9(11)13/h2,8H,1,3-7H2,(H2,11,13). The van der Waals surface area contributed by atoms with Gasteiger partial charge < -0.3 is 10.6 Å². The first-order valence-corrected chi connectivity index (χ1v) is 4.82.